The van der Waals surface area contributed by atoms with Gasteiger partial charge in [-0.15, -0.1) is 0 Å². The Kier molecular flexibility index (Phi) is 4.18. The van der Waals surface area contributed by atoms with E-state index in [4.69, 9.17) is 0 Å². The summed E-state index contributed by atoms with van der Waals surface area (Å²) in [5, 5.41) is 0. The summed E-state index contributed by atoms with van der Waals surface area (Å²) in [4.78, 5) is 13.4. The zero-order valence-electron chi connectivity index (χ0n) is 13.2. The Morgan fingerprint density at radius 2 is 1.65 bits per heavy atom. The van der Waals surface area contributed by atoms with Gasteiger partial charge in [-0.05, 0) is 48.9 Å². The first kappa shape index (κ1) is 16.4. The summed E-state index contributed by atoms with van der Waals surface area (Å²) in [6, 6.07) is 4.97. The van der Waals surface area contributed by atoms with E-state index < -0.39 is 15.8 Å². The fraction of sp³-hybridized carbons (Fsp3) is 0.562. The van der Waals surface area contributed by atoms with E-state index in [1.54, 1.807) is 6.92 Å². The molecule has 1 spiro atoms. The summed E-state index contributed by atoms with van der Waals surface area (Å²) in [6.07, 6.45) is 2.49. The molecule has 0 aliphatic carbocycles. The van der Waals surface area contributed by atoms with Gasteiger partial charge in [-0.25, -0.2) is 12.8 Å². The minimum Gasteiger partial charge on any atom is -0.343 e. The summed E-state index contributed by atoms with van der Waals surface area (Å²) < 4.78 is 39.9. The van der Waals surface area contributed by atoms with E-state index in [1.807, 2.05) is 4.90 Å². The van der Waals surface area contributed by atoms with Crippen molar-refractivity contribution in [1.29, 1.82) is 0 Å². The summed E-state index contributed by atoms with van der Waals surface area (Å²) in [5.41, 5.74) is -0.0287. The van der Waals surface area contributed by atoms with Crippen molar-refractivity contribution in [3.8, 4) is 0 Å². The van der Waals surface area contributed by atoms with Crippen LogP contribution in [0.5, 0.6) is 0 Å². The van der Waals surface area contributed by atoms with Crippen molar-refractivity contribution in [2.45, 2.75) is 31.1 Å². The van der Waals surface area contributed by atoms with Crippen LogP contribution in [0.15, 0.2) is 29.2 Å². The Labute approximate surface area is 136 Å². The highest BCUT2D eigenvalue weighted by molar-refractivity contribution is 7.89. The molecule has 0 atom stereocenters. The number of likely N-dealkylation sites (tertiary alicyclic amines) is 1. The van der Waals surface area contributed by atoms with Gasteiger partial charge in [0.05, 0.1) is 4.90 Å². The van der Waals surface area contributed by atoms with Gasteiger partial charge >= 0.3 is 0 Å². The highest BCUT2D eigenvalue weighted by Crippen LogP contribution is 2.42. The first-order valence-electron chi connectivity index (χ1n) is 7.84. The van der Waals surface area contributed by atoms with E-state index in [2.05, 4.69) is 0 Å². The predicted octanol–water partition coefficient (Wildman–Crippen LogP) is 1.85. The largest absolute Gasteiger partial charge is 0.343 e. The third-order valence-corrected chi connectivity index (χ3v) is 6.98. The van der Waals surface area contributed by atoms with Gasteiger partial charge in [0.15, 0.2) is 0 Å². The minimum atomic E-state index is -3.57. The maximum atomic E-state index is 13.0. The van der Waals surface area contributed by atoms with Crippen LogP contribution in [-0.2, 0) is 14.8 Å². The van der Waals surface area contributed by atoms with Gasteiger partial charge in [0.1, 0.15) is 5.82 Å². The topological polar surface area (TPSA) is 57.7 Å². The van der Waals surface area contributed by atoms with Crippen LogP contribution in [-0.4, -0.2) is 49.7 Å². The quantitative estimate of drug-likeness (QED) is 0.825. The zero-order chi connectivity index (χ0) is 16.7. The van der Waals surface area contributed by atoms with Crippen LogP contribution in [0.1, 0.15) is 26.2 Å². The Morgan fingerprint density at radius 3 is 2.22 bits per heavy atom. The van der Waals surface area contributed by atoms with Gasteiger partial charge in [0.2, 0.25) is 15.9 Å². The second-order valence-corrected chi connectivity index (χ2v) is 8.49. The van der Waals surface area contributed by atoms with Crippen molar-refractivity contribution in [1.82, 2.24) is 9.21 Å². The Hall–Kier alpha value is -1.47. The number of carbonyl (C=O) groups excluding carboxylic acids is 1. The molecule has 1 amide bonds. The molecule has 0 bridgehead atoms. The number of amides is 1. The van der Waals surface area contributed by atoms with Crippen molar-refractivity contribution >= 4 is 15.9 Å². The molecule has 0 aromatic heterocycles. The van der Waals surface area contributed by atoms with Crippen LogP contribution in [0.2, 0.25) is 0 Å². The first-order chi connectivity index (χ1) is 10.8. The summed E-state index contributed by atoms with van der Waals surface area (Å²) in [7, 11) is -3.57. The van der Waals surface area contributed by atoms with Crippen LogP contribution in [0.4, 0.5) is 4.39 Å². The molecule has 3 rings (SSSR count). The number of benzene rings is 1. The molecule has 1 aromatic rings. The van der Waals surface area contributed by atoms with Crippen molar-refractivity contribution in [2.24, 2.45) is 5.41 Å². The molecule has 23 heavy (non-hydrogen) atoms. The molecule has 1 aromatic carbocycles. The van der Waals surface area contributed by atoms with Gasteiger partial charge in [-0.3, -0.25) is 4.79 Å². The monoisotopic (exact) mass is 340 g/mol. The maximum Gasteiger partial charge on any atom is 0.243 e. The number of hydrogen-bond donors (Lipinski definition) is 0. The second kappa shape index (κ2) is 5.87. The van der Waals surface area contributed by atoms with Gasteiger partial charge in [-0.2, -0.15) is 4.31 Å². The first-order valence-corrected chi connectivity index (χ1v) is 9.28. The lowest BCUT2D eigenvalue weighted by Gasteiger charge is -2.38. The molecule has 2 heterocycles. The highest BCUT2D eigenvalue weighted by atomic mass is 32.2. The summed E-state index contributed by atoms with van der Waals surface area (Å²) in [6.45, 7) is 3.93. The molecule has 2 fully saturated rings. The molecule has 126 valence electrons. The molecule has 0 unspecified atom stereocenters. The van der Waals surface area contributed by atoms with Gasteiger partial charge < -0.3 is 4.90 Å². The van der Waals surface area contributed by atoms with E-state index in [0.717, 1.165) is 19.3 Å². The van der Waals surface area contributed by atoms with Gasteiger partial charge in [0.25, 0.3) is 0 Å². The number of hydrogen-bond acceptors (Lipinski definition) is 3. The summed E-state index contributed by atoms with van der Waals surface area (Å²) >= 11 is 0. The molecule has 2 aliphatic heterocycles. The molecular weight excluding hydrogens is 319 g/mol. The molecule has 0 radical (unpaired) electrons. The molecule has 0 N–H and O–H groups in total. The average Bonchev–Trinajstić information content (AvgIpc) is 2.93. The number of nitrogens with zero attached hydrogens (tertiary/aromatic N) is 2. The molecular formula is C16H21FN2O3S. The van der Waals surface area contributed by atoms with Crippen molar-refractivity contribution in [3.63, 3.8) is 0 Å². The van der Waals surface area contributed by atoms with Crippen LogP contribution in [0.25, 0.3) is 0 Å². The normalized spacial score (nSPS) is 21.7. The molecule has 0 saturated carbocycles. The molecule has 2 saturated heterocycles. The lowest BCUT2D eigenvalue weighted by Crippen LogP contribution is -2.43. The third-order valence-electron chi connectivity index (χ3n) is 5.12. The Morgan fingerprint density at radius 1 is 1.09 bits per heavy atom. The minimum absolute atomic E-state index is 0.0287. The number of piperidine rings is 1. The molecule has 2 aliphatic rings. The maximum absolute atomic E-state index is 13.0. The highest BCUT2D eigenvalue weighted by Gasteiger charge is 2.44. The Balaban J connectivity index is 1.72. The van der Waals surface area contributed by atoms with Crippen LogP contribution >= 0.6 is 0 Å². The second-order valence-electron chi connectivity index (χ2n) is 6.55. The standard InChI is InChI=1S/C16H21FN2O3S/c1-13(20)18-9-6-16(7-10-18)8-11-19(12-16)23(21,22)15-4-2-14(17)3-5-15/h2-5H,6-12H2,1H3. The van der Waals surface area contributed by atoms with E-state index >= 15 is 0 Å². The Bertz CT molecular complexity index is 695. The number of rotatable bonds is 2. The van der Waals surface area contributed by atoms with E-state index in [0.29, 0.717) is 26.2 Å². The predicted molar refractivity (Wildman–Crippen MR) is 83.7 cm³/mol. The van der Waals surface area contributed by atoms with E-state index in [-0.39, 0.29) is 16.2 Å². The lowest BCUT2D eigenvalue weighted by molar-refractivity contribution is -0.131. The van der Waals surface area contributed by atoms with Gasteiger partial charge in [0, 0.05) is 33.1 Å². The van der Waals surface area contributed by atoms with E-state index in [1.165, 1.54) is 28.6 Å². The van der Waals surface area contributed by atoms with E-state index in [9.17, 15) is 17.6 Å². The van der Waals surface area contributed by atoms with Crippen LogP contribution in [0.3, 0.4) is 0 Å². The number of halogens is 1. The smallest absolute Gasteiger partial charge is 0.243 e. The van der Waals surface area contributed by atoms with Crippen LogP contribution < -0.4 is 0 Å². The SMILES string of the molecule is CC(=O)N1CCC2(CC1)CCN(S(=O)(=O)c1ccc(F)cc1)C2. The van der Waals surface area contributed by atoms with Crippen LogP contribution in [0, 0.1) is 11.2 Å². The number of carbonyl (C=O) groups is 1. The van der Waals surface area contributed by atoms with Crippen molar-refractivity contribution in [2.75, 3.05) is 26.2 Å². The fourth-order valence-corrected chi connectivity index (χ4v) is 5.11. The zero-order valence-corrected chi connectivity index (χ0v) is 14.0. The van der Waals surface area contributed by atoms with Crippen molar-refractivity contribution in [3.05, 3.63) is 30.1 Å². The lowest BCUT2D eigenvalue weighted by atomic mass is 9.78. The van der Waals surface area contributed by atoms with Gasteiger partial charge in [-0.1, -0.05) is 0 Å². The fourth-order valence-electron chi connectivity index (χ4n) is 3.56. The van der Waals surface area contributed by atoms with Crippen molar-refractivity contribution < 1.29 is 17.6 Å². The number of sulfonamides is 1. The molecule has 7 heteroatoms. The summed E-state index contributed by atoms with van der Waals surface area (Å²) in [5.74, 6) is -0.368. The average molecular weight is 340 g/mol. The molecule has 5 nitrogen and oxygen atoms in total. The third kappa shape index (κ3) is 3.12.